The lowest BCUT2D eigenvalue weighted by Crippen LogP contribution is -2.01. The highest BCUT2D eigenvalue weighted by Crippen LogP contribution is 2.20. The van der Waals surface area contributed by atoms with Crippen molar-refractivity contribution in [2.75, 3.05) is 5.75 Å². The number of hydrogen-bond donors (Lipinski definition) is 1. The average molecular weight is 288 g/mol. The van der Waals surface area contributed by atoms with Crippen molar-refractivity contribution in [3.8, 4) is 5.75 Å². The molecule has 0 aliphatic carbocycles. The van der Waals surface area contributed by atoms with Crippen molar-refractivity contribution in [2.45, 2.75) is 18.2 Å². The van der Waals surface area contributed by atoms with Gasteiger partial charge in [-0.25, -0.2) is 5.26 Å². The number of hydrogen-bond acceptors (Lipinski definition) is 4. The monoisotopic (exact) mass is 288 g/mol. The summed E-state index contributed by atoms with van der Waals surface area (Å²) in [5.41, 5.74) is 1.78. The van der Waals surface area contributed by atoms with Crippen LogP contribution in [0, 0.1) is 6.92 Å². The van der Waals surface area contributed by atoms with Crippen LogP contribution >= 0.6 is 11.8 Å². The molecule has 0 unspecified atom stereocenters. The summed E-state index contributed by atoms with van der Waals surface area (Å²) in [6.45, 7) is 2.05. The molecule has 3 nitrogen and oxygen atoms in total. The molecule has 0 aliphatic heterocycles. The molecule has 2 aromatic rings. The molecule has 20 heavy (non-hydrogen) atoms. The number of Topliss-reactive ketones (excluding diaryl/α,β-unsaturated/α-hetero) is 1. The molecular formula is C16H16O3S. The molecule has 1 N–H and O–H groups in total. The highest BCUT2D eigenvalue weighted by Gasteiger charge is 2.07. The van der Waals surface area contributed by atoms with Gasteiger partial charge in [0.15, 0.2) is 11.5 Å². The maximum absolute atomic E-state index is 12.0. The molecule has 0 saturated carbocycles. The number of thioether (sulfide) groups is 1. The summed E-state index contributed by atoms with van der Waals surface area (Å²) >= 11 is 1.66. The lowest BCUT2D eigenvalue weighted by Gasteiger charge is -2.03. The first-order valence-electron chi connectivity index (χ1n) is 6.33. The lowest BCUT2D eigenvalue weighted by atomic mass is 10.1. The van der Waals surface area contributed by atoms with Crippen LogP contribution in [0.1, 0.15) is 22.3 Å². The molecule has 0 atom stereocenters. The molecule has 0 fully saturated rings. The molecule has 0 aromatic heterocycles. The van der Waals surface area contributed by atoms with Gasteiger partial charge in [0.25, 0.3) is 0 Å². The molecule has 0 amide bonds. The van der Waals surface area contributed by atoms with E-state index in [-0.39, 0.29) is 11.5 Å². The van der Waals surface area contributed by atoms with Crippen LogP contribution in [-0.4, -0.2) is 16.8 Å². The van der Waals surface area contributed by atoms with E-state index >= 15 is 0 Å². The van der Waals surface area contributed by atoms with Gasteiger partial charge in [-0.2, -0.15) is 0 Å². The second-order valence-corrected chi connectivity index (χ2v) is 5.62. The Kier molecular flexibility index (Phi) is 5.21. The summed E-state index contributed by atoms with van der Waals surface area (Å²) in [4.78, 5) is 17.3. The summed E-state index contributed by atoms with van der Waals surface area (Å²) in [5.74, 6) is 1.05. The van der Waals surface area contributed by atoms with Crippen molar-refractivity contribution in [1.82, 2.24) is 0 Å². The van der Waals surface area contributed by atoms with E-state index in [1.165, 1.54) is 5.56 Å². The zero-order valence-corrected chi connectivity index (χ0v) is 12.0. The highest BCUT2D eigenvalue weighted by atomic mass is 32.2. The van der Waals surface area contributed by atoms with Crippen molar-refractivity contribution < 1.29 is 14.9 Å². The molecule has 2 aromatic carbocycles. The van der Waals surface area contributed by atoms with Crippen molar-refractivity contribution in [3.05, 3.63) is 59.7 Å². The molecule has 0 aliphatic rings. The molecule has 0 spiro atoms. The molecule has 0 heterocycles. The third kappa shape index (κ3) is 4.11. The fraction of sp³-hybridized carbons (Fsp3) is 0.188. The SMILES string of the molecule is Cc1ccc(SCCC(=O)c2cccc(OO)c2)cc1. The number of aryl methyl sites for hydroxylation is 1. The van der Waals surface area contributed by atoms with Gasteiger partial charge in [0.1, 0.15) is 0 Å². The quantitative estimate of drug-likeness (QED) is 0.374. The minimum atomic E-state index is 0.0449. The highest BCUT2D eigenvalue weighted by molar-refractivity contribution is 7.99. The number of rotatable bonds is 6. The van der Waals surface area contributed by atoms with E-state index in [1.807, 2.05) is 6.92 Å². The van der Waals surface area contributed by atoms with Gasteiger partial charge in [-0.05, 0) is 31.2 Å². The minimum Gasteiger partial charge on any atom is -0.340 e. The second kappa shape index (κ2) is 7.12. The Morgan fingerprint density at radius 3 is 2.65 bits per heavy atom. The minimum absolute atomic E-state index is 0.0449. The van der Waals surface area contributed by atoms with Crippen LogP contribution < -0.4 is 4.89 Å². The standard InChI is InChI=1S/C16H16O3S/c1-12-5-7-15(8-6-12)20-10-9-16(17)13-3-2-4-14(11-13)19-18/h2-8,11,18H,9-10H2,1H3. The van der Waals surface area contributed by atoms with E-state index in [1.54, 1.807) is 36.0 Å². The third-order valence-electron chi connectivity index (χ3n) is 2.88. The van der Waals surface area contributed by atoms with Crippen LogP contribution in [0.3, 0.4) is 0 Å². The summed E-state index contributed by atoms with van der Waals surface area (Å²) in [6, 6.07) is 14.8. The Balaban J connectivity index is 1.87. The topological polar surface area (TPSA) is 46.5 Å². The second-order valence-electron chi connectivity index (χ2n) is 4.45. The van der Waals surface area contributed by atoms with E-state index in [0.717, 1.165) is 10.6 Å². The zero-order valence-electron chi connectivity index (χ0n) is 11.2. The Morgan fingerprint density at radius 2 is 1.95 bits per heavy atom. The first-order valence-corrected chi connectivity index (χ1v) is 7.32. The van der Waals surface area contributed by atoms with E-state index in [0.29, 0.717) is 12.0 Å². The summed E-state index contributed by atoms with van der Waals surface area (Å²) in [5, 5.41) is 8.58. The normalized spacial score (nSPS) is 10.3. The predicted octanol–water partition coefficient (Wildman–Crippen LogP) is 4.21. The van der Waals surface area contributed by atoms with Gasteiger partial charge < -0.3 is 4.89 Å². The van der Waals surface area contributed by atoms with Crippen molar-refractivity contribution >= 4 is 17.5 Å². The van der Waals surface area contributed by atoms with Crippen LogP contribution in [0.4, 0.5) is 0 Å². The van der Waals surface area contributed by atoms with Crippen molar-refractivity contribution in [3.63, 3.8) is 0 Å². The maximum atomic E-state index is 12.0. The van der Waals surface area contributed by atoms with E-state index < -0.39 is 0 Å². The zero-order chi connectivity index (χ0) is 14.4. The largest absolute Gasteiger partial charge is 0.340 e. The number of carbonyl (C=O) groups excluding carboxylic acids is 1. The maximum Gasteiger partial charge on any atom is 0.165 e. The number of carbonyl (C=O) groups is 1. The summed E-state index contributed by atoms with van der Waals surface area (Å²) < 4.78 is 0. The fourth-order valence-electron chi connectivity index (χ4n) is 1.77. The molecule has 0 bridgehead atoms. The Hall–Kier alpha value is -1.78. The van der Waals surface area contributed by atoms with Crippen LogP contribution in [0.15, 0.2) is 53.4 Å². The van der Waals surface area contributed by atoms with E-state index in [4.69, 9.17) is 5.26 Å². The number of ketones is 1. The molecular weight excluding hydrogens is 272 g/mol. The van der Waals surface area contributed by atoms with Crippen molar-refractivity contribution in [2.24, 2.45) is 0 Å². The van der Waals surface area contributed by atoms with Gasteiger partial charge in [0.2, 0.25) is 0 Å². The Labute approximate surface area is 122 Å². The van der Waals surface area contributed by atoms with Crippen LogP contribution in [-0.2, 0) is 0 Å². The summed E-state index contributed by atoms with van der Waals surface area (Å²) in [7, 11) is 0. The smallest absolute Gasteiger partial charge is 0.165 e. The van der Waals surface area contributed by atoms with E-state index in [2.05, 4.69) is 29.2 Å². The molecule has 4 heteroatoms. The van der Waals surface area contributed by atoms with E-state index in [9.17, 15) is 4.79 Å². The molecule has 0 saturated heterocycles. The molecule has 2 rings (SSSR count). The van der Waals surface area contributed by atoms with Gasteiger partial charge in [-0.3, -0.25) is 4.79 Å². The van der Waals surface area contributed by atoms with Gasteiger partial charge in [0, 0.05) is 22.6 Å². The van der Waals surface area contributed by atoms with Crippen LogP contribution in [0.2, 0.25) is 0 Å². The first-order chi connectivity index (χ1) is 9.69. The van der Waals surface area contributed by atoms with Gasteiger partial charge in [-0.15, -0.1) is 11.8 Å². The van der Waals surface area contributed by atoms with Crippen LogP contribution in [0.25, 0.3) is 0 Å². The van der Waals surface area contributed by atoms with Crippen LogP contribution in [0.5, 0.6) is 5.75 Å². The Bertz CT molecular complexity index is 579. The molecule has 104 valence electrons. The predicted molar refractivity (Wildman–Crippen MR) is 80.5 cm³/mol. The fourth-order valence-corrected chi connectivity index (χ4v) is 2.62. The third-order valence-corrected chi connectivity index (χ3v) is 3.89. The van der Waals surface area contributed by atoms with Gasteiger partial charge in [0.05, 0.1) is 0 Å². The Morgan fingerprint density at radius 1 is 1.20 bits per heavy atom. The lowest BCUT2D eigenvalue weighted by molar-refractivity contribution is -0.137. The van der Waals surface area contributed by atoms with Gasteiger partial charge >= 0.3 is 0 Å². The number of benzene rings is 2. The summed E-state index contributed by atoms with van der Waals surface area (Å²) in [6.07, 6.45) is 0.452. The average Bonchev–Trinajstić information content (AvgIpc) is 2.49. The molecule has 0 radical (unpaired) electrons. The van der Waals surface area contributed by atoms with Gasteiger partial charge in [-0.1, -0.05) is 29.8 Å². The van der Waals surface area contributed by atoms with Crippen molar-refractivity contribution in [1.29, 1.82) is 0 Å². The first kappa shape index (κ1) is 14.6.